The summed E-state index contributed by atoms with van der Waals surface area (Å²) in [6.45, 7) is 6.73. The predicted octanol–water partition coefficient (Wildman–Crippen LogP) is 3.35. The number of rotatable bonds is 1. The summed E-state index contributed by atoms with van der Waals surface area (Å²) in [5.74, 6) is 0.659. The molecule has 78 valence electrons. The minimum absolute atomic E-state index is 0.158. The van der Waals surface area contributed by atoms with Crippen molar-refractivity contribution in [1.29, 1.82) is 0 Å². The number of hydrogen-bond acceptors (Lipinski definition) is 1. The van der Waals surface area contributed by atoms with Crippen LogP contribution in [0.5, 0.6) is 0 Å². The molecule has 0 radical (unpaired) electrons. The van der Waals surface area contributed by atoms with Crippen LogP contribution in [0, 0.1) is 16.7 Å². The Labute approximate surface area is 86.6 Å². The van der Waals surface area contributed by atoms with Crippen molar-refractivity contribution in [3.8, 4) is 0 Å². The quantitative estimate of drug-likeness (QED) is 0.460. The normalized spacial score (nSPS) is 40.2. The van der Waals surface area contributed by atoms with E-state index in [-0.39, 0.29) is 5.41 Å². The lowest BCUT2D eigenvalue weighted by atomic mass is 9.75. The van der Waals surface area contributed by atoms with Gasteiger partial charge in [0.25, 0.3) is 0 Å². The molecule has 2 aliphatic carbocycles. The number of hydrogen-bond donors (Lipinski definition) is 0. The van der Waals surface area contributed by atoms with E-state index in [1.165, 1.54) is 31.1 Å². The van der Waals surface area contributed by atoms with Crippen LogP contribution in [-0.2, 0) is 4.79 Å². The molecule has 0 N–H and O–H groups in total. The molecule has 2 rings (SSSR count). The highest BCUT2D eigenvalue weighted by Crippen LogP contribution is 2.58. The molecule has 1 heteroatoms. The second-order valence-electron chi connectivity index (χ2n) is 5.84. The summed E-state index contributed by atoms with van der Waals surface area (Å²) < 4.78 is 0. The van der Waals surface area contributed by atoms with E-state index in [1.54, 1.807) is 0 Å². The van der Waals surface area contributed by atoms with Gasteiger partial charge in [-0.15, -0.1) is 0 Å². The largest absolute Gasteiger partial charge is 0.302 e. The summed E-state index contributed by atoms with van der Waals surface area (Å²) in [4.78, 5) is 11.2. The van der Waals surface area contributed by atoms with Crippen molar-refractivity contribution in [3.05, 3.63) is 11.6 Å². The zero-order valence-corrected chi connectivity index (χ0v) is 9.47. The molecular weight excluding hydrogens is 172 g/mol. The zero-order valence-electron chi connectivity index (χ0n) is 9.47. The van der Waals surface area contributed by atoms with E-state index >= 15 is 0 Å². The fraction of sp³-hybridized carbons (Fsp3) is 0.769. The Bertz CT molecular complexity index is 288. The highest BCUT2D eigenvalue weighted by Gasteiger charge is 2.50. The summed E-state index contributed by atoms with van der Waals surface area (Å²) >= 11 is 0. The molecule has 0 spiro atoms. The van der Waals surface area contributed by atoms with Gasteiger partial charge in [0.05, 0.1) is 0 Å². The van der Waals surface area contributed by atoms with Gasteiger partial charge in [0.15, 0.2) is 0 Å². The van der Waals surface area contributed by atoms with Crippen molar-refractivity contribution < 1.29 is 4.79 Å². The fourth-order valence-corrected chi connectivity index (χ4v) is 3.60. The summed E-state index contributed by atoms with van der Waals surface area (Å²) in [5, 5.41) is 0. The van der Waals surface area contributed by atoms with E-state index in [9.17, 15) is 4.79 Å². The van der Waals surface area contributed by atoms with Crippen molar-refractivity contribution in [2.75, 3.05) is 0 Å². The van der Waals surface area contributed by atoms with Crippen LogP contribution < -0.4 is 0 Å². The minimum Gasteiger partial charge on any atom is -0.302 e. The van der Waals surface area contributed by atoms with Gasteiger partial charge >= 0.3 is 0 Å². The Kier molecular flexibility index (Phi) is 2.09. The van der Waals surface area contributed by atoms with E-state index in [1.807, 2.05) is 0 Å². The first-order chi connectivity index (χ1) is 6.49. The van der Waals surface area contributed by atoms with Gasteiger partial charge in [-0.2, -0.15) is 0 Å². The van der Waals surface area contributed by atoms with Crippen molar-refractivity contribution in [2.24, 2.45) is 16.7 Å². The zero-order chi connectivity index (χ0) is 10.4. The molecule has 0 saturated heterocycles. The van der Waals surface area contributed by atoms with Gasteiger partial charge in [-0.3, -0.25) is 0 Å². The third kappa shape index (κ3) is 1.25. The van der Waals surface area contributed by atoms with E-state index in [0.717, 1.165) is 6.42 Å². The van der Waals surface area contributed by atoms with E-state index < -0.39 is 0 Å². The molecule has 2 aliphatic rings. The van der Waals surface area contributed by atoms with Crippen LogP contribution in [0.15, 0.2) is 11.6 Å². The van der Waals surface area contributed by atoms with Crippen molar-refractivity contribution in [2.45, 2.75) is 46.5 Å². The number of aldehydes is 1. The van der Waals surface area contributed by atoms with Crippen LogP contribution >= 0.6 is 0 Å². The summed E-state index contributed by atoms with van der Waals surface area (Å²) in [5.41, 5.74) is 1.60. The van der Waals surface area contributed by atoms with Crippen LogP contribution in [0.25, 0.3) is 0 Å². The topological polar surface area (TPSA) is 17.1 Å². The standard InChI is InChI=1S/C13H20O/c1-12(2)8-13(3,9-14)11-7-5-4-6-10(11)12/h7,9-10H,4-6,8H2,1-3H3. The lowest BCUT2D eigenvalue weighted by molar-refractivity contribution is -0.114. The first kappa shape index (κ1) is 9.95. The molecule has 1 nitrogen and oxygen atoms in total. The highest BCUT2D eigenvalue weighted by molar-refractivity contribution is 5.66. The Morgan fingerprint density at radius 3 is 2.79 bits per heavy atom. The van der Waals surface area contributed by atoms with Crippen molar-refractivity contribution >= 4 is 6.29 Å². The monoisotopic (exact) mass is 192 g/mol. The second-order valence-corrected chi connectivity index (χ2v) is 5.84. The minimum atomic E-state index is -0.158. The third-order valence-corrected chi connectivity index (χ3v) is 4.12. The SMILES string of the molecule is CC1(C=O)CC(C)(C)C2CCCC=C21. The molecule has 14 heavy (non-hydrogen) atoms. The number of carbonyl (C=O) groups is 1. The van der Waals surface area contributed by atoms with Gasteiger partial charge in [-0.25, -0.2) is 0 Å². The summed E-state index contributed by atoms with van der Waals surface area (Å²) in [7, 11) is 0. The third-order valence-electron chi connectivity index (χ3n) is 4.12. The smallest absolute Gasteiger partial charge is 0.129 e. The van der Waals surface area contributed by atoms with Crippen LogP contribution in [0.3, 0.4) is 0 Å². The van der Waals surface area contributed by atoms with Gasteiger partial charge < -0.3 is 4.79 Å². The first-order valence-corrected chi connectivity index (χ1v) is 5.66. The fourth-order valence-electron chi connectivity index (χ4n) is 3.60. The van der Waals surface area contributed by atoms with Gasteiger partial charge in [0.1, 0.15) is 6.29 Å². The molecule has 0 aromatic rings. The van der Waals surface area contributed by atoms with E-state index in [0.29, 0.717) is 11.3 Å². The second kappa shape index (κ2) is 2.95. The van der Waals surface area contributed by atoms with Crippen molar-refractivity contribution in [1.82, 2.24) is 0 Å². The molecule has 0 aliphatic heterocycles. The molecule has 0 amide bonds. The molecule has 2 atom stereocenters. The predicted molar refractivity (Wildman–Crippen MR) is 58.0 cm³/mol. The molecular formula is C13H20O. The van der Waals surface area contributed by atoms with E-state index in [4.69, 9.17) is 0 Å². The molecule has 0 aromatic carbocycles. The number of carbonyl (C=O) groups excluding carboxylic acids is 1. The molecule has 1 fully saturated rings. The maximum atomic E-state index is 11.2. The average Bonchev–Trinajstić information content (AvgIpc) is 2.37. The Balaban J connectivity index is 2.43. The van der Waals surface area contributed by atoms with Crippen LogP contribution in [-0.4, -0.2) is 6.29 Å². The Hall–Kier alpha value is -0.590. The first-order valence-electron chi connectivity index (χ1n) is 5.66. The van der Waals surface area contributed by atoms with E-state index in [2.05, 4.69) is 26.8 Å². The van der Waals surface area contributed by atoms with Crippen LogP contribution in [0.2, 0.25) is 0 Å². The number of allylic oxidation sites excluding steroid dienone is 2. The molecule has 0 aromatic heterocycles. The Morgan fingerprint density at radius 2 is 2.14 bits per heavy atom. The maximum Gasteiger partial charge on any atom is 0.129 e. The van der Waals surface area contributed by atoms with Crippen molar-refractivity contribution in [3.63, 3.8) is 0 Å². The molecule has 1 saturated carbocycles. The highest BCUT2D eigenvalue weighted by atomic mass is 16.1. The van der Waals surface area contributed by atoms with Gasteiger partial charge in [0, 0.05) is 5.41 Å². The molecule has 0 heterocycles. The maximum absolute atomic E-state index is 11.2. The average molecular weight is 192 g/mol. The summed E-state index contributed by atoms with van der Waals surface area (Å²) in [6.07, 6.45) is 8.28. The van der Waals surface area contributed by atoms with Gasteiger partial charge in [-0.1, -0.05) is 25.5 Å². The van der Waals surface area contributed by atoms with Crippen LogP contribution in [0.4, 0.5) is 0 Å². The number of fused-ring (bicyclic) bond motifs is 1. The molecule has 0 bridgehead atoms. The lowest BCUT2D eigenvalue weighted by Gasteiger charge is -2.29. The van der Waals surface area contributed by atoms with Gasteiger partial charge in [0.2, 0.25) is 0 Å². The summed E-state index contributed by atoms with van der Waals surface area (Å²) in [6, 6.07) is 0. The Morgan fingerprint density at radius 1 is 1.43 bits per heavy atom. The lowest BCUT2D eigenvalue weighted by Crippen LogP contribution is -2.20. The molecule has 2 unspecified atom stereocenters. The van der Waals surface area contributed by atoms with Gasteiger partial charge in [-0.05, 0) is 43.9 Å². The van der Waals surface area contributed by atoms with Crippen LogP contribution in [0.1, 0.15) is 46.5 Å².